The molecule has 0 spiro atoms. The molecule has 0 fully saturated rings. The van der Waals surface area contributed by atoms with Crippen molar-refractivity contribution in [1.82, 2.24) is 9.55 Å². The van der Waals surface area contributed by atoms with Gasteiger partial charge in [-0.1, -0.05) is 0 Å². The van der Waals surface area contributed by atoms with Crippen LogP contribution in [0.2, 0.25) is 0 Å². The second-order valence-electron chi connectivity index (χ2n) is 4.83. The Morgan fingerprint density at radius 1 is 1.33 bits per heavy atom. The van der Waals surface area contributed by atoms with Gasteiger partial charge in [0.05, 0.1) is 0 Å². The van der Waals surface area contributed by atoms with Gasteiger partial charge in [0.25, 0.3) is 0 Å². The van der Waals surface area contributed by atoms with Crippen molar-refractivity contribution in [2.24, 2.45) is 0 Å². The normalized spacial score (nSPS) is 14.6. The van der Waals surface area contributed by atoms with Gasteiger partial charge in [-0.3, -0.25) is 0 Å². The zero-order valence-electron chi connectivity index (χ0n) is 10.4. The summed E-state index contributed by atoms with van der Waals surface area (Å²) < 4.78 is 15.4. The van der Waals surface area contributed by atoms with Crippen molar-refractivity contribution in [1.29, 1.82) is 0 Å². The first-order valence-corrected chi connectivity index (χ1v) is 6.28. The monoisotopic (exact) mass is 245 g/mol. The molecule has 0 saturated carbocycles. The van der Waals surface area contributed by atoms with Crippen LogP contribution in [0.5, 0.6) is 0 Å². The molecule has 0 atom stereocenters. The Morgan fingerprint density at radius 3 is 2.89 bits per heavy atom. The number of hydrogen-bond acceptors (Lipinski definition) is 2. The molecule has 3 nitrogen and oxygen atoms in total. The number of nitrogens with zero attached hydrogens (tertiary/aromatic N) is 2. The minimum Gasteiger partial charge on any atom is -0.383 e. The van der Waals surface area contributed by atoms with Gasteiger partial charge < -0.3 is 10.3 Å². The molecule has 94 valence electrons. The molecule has 0 aliphatic carbocycles. The summed E-state index contributed by atoms with van der Waals surface area (Å²) >= 11 is 0. The van der Waals surface area contributed by atoms with E-state index in [0.29, 0.717) is 11.4 Å². The number of benzene rings is 1. The second-order valence-corrected chi connectivity index (χ2v) is 4.83. The molecule has 2 N–H and O–H groups in total. The average Bonchev–Trinajstić information content (AvgIpc) is 2.71. The molecule has 0 unspecified atom stereocenters. The Labute approximate surface area is 105 Å². The van der Waals surface area contributed by atoms with Gasteiger partial charge >= 0.3 is 0 Å². The van der Waals surface area contributed by atoms with E-state index in [1.54, 1.807) is 19.1 Å². The summed E-state index contributed by atoms with van der Waals surface area (Å²) in [6.45, 7) is 2.69. The van der Waals surface area contributed by atoms with E-state index < -0.39 is 0 Å². The zero-order valence-corrected chi connectivity index (χ0v) is 10.4. The van der Waals surface area contributed by atoms with Crippen LogP contribution in [-0.4, -0.2) is 9.55 Å². The van der Waals surface area contributed by atoms with Crippen LogP contribution in [0.3, 0.4) is 0 Å². The lowest BCUT2D eigenvalue weighted by atomic mass is 10.1. The number of aromatic nitrogens is 2. The van der Waals surface area contributed by atoms with E-state index in [-0.39, 0.29) is 5.82 Å². The van der Waals surface area contributed by atoms with Crippen molar-refractivity contribution in [3.63, 3.8) is 0 Å². The molecular weight excluding hydrogens is 229 g/mol. The molecule has 1 aromatic heterocycles. The Hall–Kier alpha value is -1.84. The van der Waals surface area contributed by atoms with Gasteiger partial charge in [-0.25, -0.2) is 9.37 Å². The fraction of sp³-hybridized carbons (Fsp3) is 0.357. The highest BCUT2D eigenvalue weighted by atomic mass is 19.1. The predicted molar refractivity (Wildman–Crippen MR) is 69.7 cm³/mol. The lowest BCUT2D eigenvalue weighted by Crippen LogP contribution is -2.12. The quantitative estimate of drug-likeness (QED) is 0.839. The summed E-state index contributed by atoms with van der Waals surface area (Å²) in [4.78, 5) is 4.61. The maximum atomic E-state index is 13.3. The van der Waals surface area contributed by atoms with Gasteiger partial charge in [-0.15, -0.1) is 0 Å². The summed E-state index contributed by atoms with van der Waals surface area (Å²) in [7, 11) is 0. The number of nitrogen functional groups attached to an aromatic ring is 1. The third-order valence-electron chi connectivity index (χ3n) is 3.55. The van der Waals surface area contributed by atoms with Crippen LogP contribution in [0.1, 0.15) is 24.2 Å². The Bertz CT molecular complexity index is 601. The number of hydrogen-bond donors (Lipinski definition) is 1. The fourth-order valence-electron chi connectivity index (χ4n) is 2.51. The summed E-state index contributed by atoms with van der Waals surface area (Å²) in [6.07, 6.45) is 3.29. The van der Waals surface area contributed by atoms with E-state index in [0.717, 1.165) is 36.5 Å². The van der Waals surface area contributed by atoms with Gasteiger partial charge in [-0.2, -0.15) is 0 Å². The largest absolute Gasteiger partial charge is 0.383 e. The molecule has 2 aromatic rings. The minimum absolute atomic E-state index is 0.193. The number of imidazole rings is 1. The second kappa shape index (κ2) is 4.12. The van der Waals surface area contributed by atoms with Crippen LogP contribution >= 0.6 is 0 Å². The van der Waals surface area contributed by atoms with Crippen molar-refractivity contribution in [2.75, 3.05) is 5.73 Å². The molecule has 0 bridgehead atoms. The number of fused-ring (bicyclic) bond motifs is 1. The Balaban J connectivity index is 2.11. The summed E-state index contributed by atoms with van der Waals surface area (Å²) in [5, 5.41) is 0. The van der Waals surface area contributed by atoms with Gasteiger partial charge in [0.1, 0.15) is 23.2 Å². The minimum atomic E-state index is -0.193. The molecule has 3 rings (SSSR count). The first-order valence-electron chi connectivity index (χ1n) is 6.28. The third kappa shape index (κ3) is 1.68. The molecule has 1 aliphatic rings. The zero-order chi connectivity index (χ0) is 12.7. The highest BCUT2D eigenvalue weighted by Gasteiger charge is 2.18. The first-order chi connectivity index (χ1) is 8.66. The van der Waals surface area contributed by atoms with Crippen molar-refractivity contribution in [2.45, 2.75) is 32.7 Å². The molecular formula is C14H16FN3. The molecule has 1 aliphatic heterocycles. The molecule has 18 heavy (non-hydrogen) atoms. The third-order valence-corrected chi connectivity index (χ3v) is 3.55. The molecule has 1 aromatic carbocycles. The van der Waals surface area contributed by atoms with Gasteiger partial charge in [0, 0.05) is 18.5 Å². The lowest BCUT2D eigenvalue weighted by molar-refractivity contribution is 0.527. The smallest absolute Gasteiger partial charge is 0.131 e. The van der Waals surface area contributed by atoms with Gasteiger partial charge in [0.2, 0.25) is 0 Å². The fourth-order valence-corrected chi connectivity index (χ4v) is 2.51. The van der Waals surface area contributed by atoms with Crippen molar-refractivity contribution >= 4 is 5.82 Å². The van der Waals surface area contributed by atoms with Crippen LogP contribution in [0.4, 0.5) is 10.2 Å². The van der Waals surface area contributed by atoms with Crippen molar-refractivity contribution in [3.8, 4) is 11.3 Å². The first kappa shape index (κ1) is 11.3. The predicted octanol–water partition coefficient (Wildman–Crippen LogP) is 2.92. The van der Waals surface area contributed by atoms with E-state index >= 15 is 0 Å². The molecule has 0 saturated heterocycles. The van der Waals surface area contributed by atoms with Crippen LogP contribution in [0.25, 0.3) is 11.3 Å². The topological polar surface area (TPSA) is 43.8 Å². The molecule has 4 heteroatoms. The summed E-state index contributed by atoms with van der Waals surface area (Å²) in [5.41, 5.74) is 8.46. The number of anilines is 1. The number of nitrogens with two attached hydrogens (primary N) is 1. The van der Waals surface area contributed by atoms with E-state index in [1.165, 1.54) is 12.5 Å². The average molecular weight is 245 g/mol. The van der Waals surface area contributed by atoms with Crippen molar-refractivity contribution in [3.05, 3.63) is 35.4 Å². The molecule has 0 radical (unpaired) electrons. The van der Waals surface area contributed by atoms with Crippen LogP contribution in [0.15, 0.2) is 18.2 Å². The highest BCUT2D eigenvalue weighted by Crippen LogP contribution is 2.30. The summed E-state index contributed by atoms with van der Waals surface area (Å²) in [5.74, 6) is 1.56. The maximum Gasteiger partial charge on any atom is 0.131 e. The van der Waals surface area contributed by atoms with E-state index in [9.17, 15) is 4.39 Å². The summed E-state index contributed by atoms with van der Waals surface area (Å²) in [6, 6.07) is 5.02. The lowest BCUT2D eigenvalue weighted by Gasteiger charge is -2.14. The Kier molecular flexibility index (Phi) is 2.58. The van der Waals surface area contributed by atoms with E-state index in [4.69, 9.17) is 5.73 Å². The van der Waals surface area contributed by atoms with E-state index in [1.807, 2.05) is 0 Å². The maximum absolute atomic E-state index is 13.3. The molecule has 2 heterocycles. The van der Waals surface area contributed by atoms with Crippen LogP contribution in [-0.2, 0) is 13.0 Å². The van der Waals surface area contributed by atoms with E-state index in [2.05, 4.69) is 9.55 Å². The number of rotatable bonds is 1. The van der Waals surface area contributed by atoms with Crippen LogP contribution in [0, 0.1) is 12.7 Å². The Morgan fingerprint density at radius 2 is 2.17 bits per heavy atom. The van der Waals surface area contributed by atoms with Crippen molar-refractivity contribution < 1.29 is 4.39 Å². The van der Waals surface area contributed by atoms with Gasteiger partial charge in [0.15, 0.2) is 0 Å². The number of halogens is 1. The molecule has 0 amide bonds. The number of aryl methyl sites for hydroxylation is 2. The highest BCUT2D eigenvalue weighted by molar-refractivity contribution is 5.71. The SMILES string of the molecule is Cc1cc(-c2nc3n(c2N)CCCC3)ccc1F. The van der Waals surface area contributed by atoms with Crippen LogP contribution < -0.4 is 5.73 Å². The van der Waals surface area contributed by atoms with Gasteiger partial charge in [-0.05, 0) is 43.5 Å². The standard InChI is InChI=1S/C14H16FN3/c1-9-8-10(5-6-11(9)15)13-14(16)18-7-3-2-4-12(18)17-13/h5-6,8H,2-4,7,16H2,1H3.